The number of aliphatic hydroxyl groups is 15. The van der Waals surface area contributed by atoms with E-state index >= 15 is 0 Å². The summed E-state index contributed by atoms with van der Waals surface area (Å²) in [5.41, 5.74) is 9.40. The van der Waals surface area contributed by atoms with E-state index in [0.717, 1.165) is 6.26 Å². The molecule has 18 unspecified atom stereocenters. The molecule has 0 spiro atoms. The molecule has 16 radical (unpaired) electrons. The Morgan fingerprint density at radius 3 is 1.13 bits per heavy atom. The van der Waals surface area contributed by atoms with E-state index in [0.29, 0.717) is 0 Å². The predicted octanol–water partition coefficient (Wildman–Crippen LogP) is -9.15. The van der Waals surface area contributed by atoms with Crippen molar-refractivity contribution in [3.63, 3.8) is 0 Å². The van der Waals surface area contributed by atoms with Crippen LogP contribution in [0.2, 0.25) is 0 Å². The normalized spacial score (nSPS) is 42.5. The van der Waals surface area contributed by atoms with E-state index in [1.54, 1.807) is 0 Å². The molecule has 414 valence electrons. The van der Waals surface area contributed by atoms with Crippen molar-refractivity contribution in [1.29, 1.82) is 0 Å². The van der Waals surface area contributed by atoms with Gasteiger partial charge in [-0.25, -0.2) is 0 Å². The van der Waals surface area contributed by atoms with Gasteiger partial charge in [-0.3, -0.25) is 0 Å². The molecule has 6 rings (SSSR count). The average Bonchev–Trinajstić information content (AvgIpc) is 3.27. The zero-order valence-corrected chi connectivity index (χ0v) is 119. The first-order valence-electron chi connectivity index (χ1n) is 20.4. The van der Waals surface area contributed by atoms with Gasteiger partial charge < -0.3 is 134 Å². The van der Waals surface area contributed by atoms with Gasteiger partial charge >= 0.3 is 0 Å². The molecule has 28 atom stereocenters. The zero-order chi connectivity index (χ0) is 46.2. The van der Waals surface area contributed by atoms with Crippen LogP contribution in [0.1, 0.15) is 13.8 Å². The molecule has 16 N–H and O–H groups in total. The standard InChI is InChI=1S/C36H60NO26.16Ac/c1-9-17(43)21(47)24(50)33(54-9)60-28-15(8-41)58-32(62-30-20(46)13(6-39)56-35(26(30)52)59-27-11(42)3-4-53-14(27)7-40)16(37)29(28)61-36-31(23(49)19(45)12(5-38)57-36)63-34-25(51)22(48)18(44)10(2)55-34;;;;;;;;;;;;;;;;/h3-4,9-52H,5-8H2,1-2H3;;;;;;;;;;;;;;;;/q-1;;;;;;;;;;;;;;;;/t9?,10?,11?,12?,13?,14?,15?,16?,17-,18-,19+,20+,21?,22?,23?,24?,25?,26?,27+,28-,29?,30?,31?,32+,33?,34+,35+,36+;;;;;;;;;;;;;;;;/m1................/s1. The fourth-order valence-corrected chi connectivity index (χ4v) is 8.11. The molecule has 0 amide bonds. The number of hydrogen-bond donors (Lipinski definition) is 15. The minimum atomic E-state index is -2.05. The largest absolute Gasteiger partial charge is 0.668 e. The second-order valence-corrected chi connectivity index (χ2v) is 16.2. The number of hydrogen-bond acceptors (Lipinski definition) is 26. The molecule has 0 saturated carbocycles. The van der Waals surface area contributed by atoms with Crippen LogP contribution in [0.3, 0.4) is 0 Å². The molecule has 43 heteroatoms. The van der Waals surface area contributed by atoms with Crippen LogP contribution in [0, 0.1) is 705 Å². The number of rotatable bonds is 14. The van der Waals surface area contributed by atoms with E-state index in [-0.39, 0.29) is 705 Å². The Labute approximate surface area is 1030 Å². The van der Waals surface area contributed by atoms with Gasteiger partial charge in [0.1, 0.15) is 122 Å². The molecular weight excluding hydrogens is 4490 g/mol. The van der Waals surface area contributed by atoms with Crippen molar-refractivity contribution in [3.8, 4) is 0 Å². The molecule has 5 saturated heterocycles. The van der Waals surface area contributed by atoms with E-state index in [1.807, 2.05) is 0 Å². The summed E-state index contributed by atoms with van der Waals surface area (Å²) >= 11 is 0. The summed E-state index contributed by atoms with van der Waals surface area (Å²) in [6.07, 6.45) is -44.4. The number of ether oxygens (including phenoxy) is 11. The van der Waals surface area contributed by atoms with Crippen LogP contribution in [0.25, 0.3) is 5.73 Å². The summed E-state index contributed by atoms with van der Waals surface area (Å²) in [6.45, 7) is -0.828. The van der Waals surface area contributed by atoms with Crippen molar-refractivity contribution in [2.75, 3.05) is 26.4 Å². The minimum Gasteiger partial charge on any atom is -0.668 e. The van der Waals surface area contributed by atoms with E-state index in [2.05, 4.69) is 0 Å². The van der Waals surface area contributed by atoms with Gasteiger partial charge in [0.2, 0.25) is 0 Å². The Balaban J connectivity index is -0.000000321. The van der Waals surface area contributed by atoms with Crippen LogP contribution in [0.5, 0.6) is 0 Å². The number of nitrogens with one attached hydrogen (secondary N) is 1. The molecule has 6 aliphatic heterocycles. The van der Waals surface area contributed by atoms with Crippen molar-refractivity contribution >= 4 is 0 Å². The average molecular weight is 4550 g/mol. The topological polar surface area (TPSA) is 429 Å². The second-order valence-electron chi connectivity index (χ2n) is 16.2. The monoisotopic (exact) mass is 4550 g/mol. The van der Waals surface area contributed by atoms with Crippen LogP contribution in [0.15, 0.2) is 12.3 Å². The van der Waals surface area contributed by atoms with E-state index in [9.17, 15) is 82.3 Å². The molecule has 0 aliphatic carbocycles. The smallest absolute Gasteiger partial charge is 0.187 e. The third-order valence-electron chi connectivity index (χ3n) is 12.0. The fourth-order valence-electron chi connectivity index (χ4n) is 8.11. The van der Waals surface area contributed by atoms with Crippen molar-refractivity contribution in [1.82, 2.24) is 0 Å². The Bertz CT molecular complexity index is 1520. The van der Waals surface area contributed by atoms with Gasteiger partial charge in [-0.15, -0.1) is 0 Å². The summed E-state index contributed by atoms with van der Waals surface area (Å²) in [4.78, 5) is 0. The Kier molecular flexibility index (Phi) is 101. The quantitative estimate of drug-likeness (QED) is 0.0768. The van der Waals surface area contributed by atoms with Gasteiger partial charge in [0.25, 0.3) is 0 Å². The van der Waals surface area contributed by atoms with Crippen LogP contribution < -0.4 is 0 Å². The maximum absolute atomic E-state index is 11.5. The van der Waals surface area contributed by atoms with Gasteiger partial charge in [0.05, 0.1) is 51.0 Å². The summed E-state index contributed by atoms with van der Waals surface area (Å²) in [7, 11) is 0. The molecular formula is C36H60Ac16NO26-. The van der Waals surface area contributed by atoms with E-state index < -0.39 is 198 Å². The molecule has 0 bridgehead atoms. The van der Waals surface area contributed by atoms with Crippen molar-refractivity contribution in [2.45, 2.75) is 186 Å². The van der Waals surface area contributed by atoms with Crippen molar-refractivity contribution < 1.29 is 834 Å². The maximum atomic E-state index is 11.5. The van der Waals surface area contributed by atoms with Crippen LogP contribution in [-0.4, -0.2) is 275 Å². The van der Waals surface area contributed by atoms with Crippen LogP contribution >= 0.6 is 0 Å². The van der Waals surface area contributed by atoms with Crippen LogP contribution in [0.4, 0.5) is 0 Å². The van der Waals surface area contributed by atoms with Crippen molar-refractivity contribution in [3.05, 3.63) is 18.1 Å². The summed E-state index contributed by atoms with van der Waals surface area (Å²) < 4.78 is 63.5. The van der Waals surface area contributed by atoms with Gasteiger partial charge in [-0.05, 0) is 19.9 Å². The summed E-state index contributed by atoms with van der Waals surface area (Å²) in [5, 5.41) is 159. The zero-order valence-electron chi connectivity index (χ0n) is 43.1. The number of aliphatic hydroxyl groups excluding tert-OH is 15. The SMILES string of the molecule is CC1OC(O[C@@H]2C(CO)O[C@@H](OC3C(O)[C@H](O[C@H]4C(O)C=COC4CO)OC(CO)[C@@H]3O)C([NH-])C2O[C@@H]2OC(CO)[C@H](O)C(O)C2O[C@@H]2OC(C)[C@@H](O)C(O)C2O)C(O)C(O)[C@@H]1O.[Ac].[Ac].[Ac].[Ac].[Ac].[Ac].[Ac].[Ac].[Ac].[Ac].[Ac].[Ac].[Ac].[Ac].[Ac].[Ac]. The van der Waals surface area contributed by atoms with Crippen molar-refractivity contribution in [2.24, 2.45) is 0 Å². The third-order valence-corrected chi connectivity index (χ3v) is 12.0. The first kappa shape index (κ1) is 124. The van der Waals surface area contributed by atoms with E-state index in [4.69, 9.17) is 52.1 Å². The molecule has 0 aromatic rings. The molecule has 0 aromatic carbocycles. The Morgan fingerprint density at radius 2 is 0.684 bits per heavy atom. The first-order chi connectivity index (χ1) is 29.9. The minimum absolute atomic E-state index is 0. The third kappa shape index (κ3) is 35.4. The van der Waals surface area contributed by atoms with E-state index in [1.165, 1.54) is 19.9 Å². The fraction of sp³-hybridized carbons (Fsp3) is 0.944. The van der Waals surface area contributed by atoms with Gasteiger partial charge in [0.15, 0.2) is 25.2 Å². The first-order valence-corrected chi connectivity index (χ1v) is 20.4. The molecule has 0 aromatic heterocycles. The molecule has 79 heavy (non-hydrogen) atoms. The maximum Gasteiger partial charge on any atom is 0.187 e. The summed E-state index contributed by atoms with van der Waals surface area (Å²) in [5.74, 6) is 0. The molecule has 6 aliphatic rings. The van der Waals surface area contributed by atoms with Crippen LogP contribution in [-0.2, 0) is 52.1 Å². The Hall–Kier alpha value is 21.6. The molecule has 27 nitrogen and oxygen atoms in total. The van der Waals surface area contributed by atoms with Gasteiger partial charge in [0, 0.05) is 705 Å². The predicted molar refractivity (Wildman–Crippen MR) is 196 cm³/mol. The molecule has 5 fully saturated rings. The summed E-state index contributed by atoms with van der Waals surface area (Å²) in [6, 6.07) is -1.99. The molecule has 6 heterocycles. The van der Waals surface area contributed by atoms with Gasteiger partial charge in [-0.1, -0.05) is 6.04 Å². The Morgan fingerprint density at radius 1 is 0.329 bits per heavy atom. The van der Waals surface area contributed by atoms with Gasteiger partial charge in [-0.2, -0.15) is 0 Å². The second kappa shape index (κ2) is 64.4.